The fraction of sp³-hybridized carbons (Fsp3) is 0.188. The number of hydrogen-bond acceptors (Lipinski definition) is 1. The predicted octanol–water partition coefficient (Wildman–Crippen LogP) is 4.61. The van der Waals surface area contributed by atoms with Gasteiger partial charge in [0.1, 0.15) is 5.82 Å². The Morgan fingerprint density at radius 2 is 1.95 bits per heavy atom. The third-order valence-electron chi connectivity index (χ3n) is 3.12. The Hall–Kier alpha value is -1.87. The molecule has 20 heavy (non-hydrogen) atoms. The van der Waals surface area contributed by atoms with Crippen molar-refractivity contribution in [1.82, 2.24) is 0 Å². The Morgan fingerprint density at radius 1 is 1.25 bits per heavy atom. The summed E-state index contributed by atoms with van der Waals surface area (Å²) in [4.78, 5) is 12.3. The van der Waals surface area contributed by atoms with Crippen molar-refractivity contribution in [2.45, 2.75) is 19.3 Å². The zero-order valence-electron chi connectivity index (χ0n) is 11.1. The molecule has 0 aliphatic rings. The largest absolute Gasteiger partial charge is 0.323 e. The standard InChI is InChI=1S/C16H15ClFNO/c1-2-13(11-6-4-3-5-7-11)16(20)19-15-9-8-12(17)10-14(15)18/h3-10,13H,2H2,1H3,(H,19,20)/t13-/m1/s1. The van der Waals surface area contributed by atoms with Crippen LogP contribution < -0.4 is 5.32 Å². The van der Waals surface area contributed by atoms with Crippen LogP contribution in [0, 0.1) is 5.82 Å². The fourth-order valence-corrected chi connectivity index (χ4v) is 2.23. The molecular formula is C16H15ClFNO. The summed E-state index contributed by atoms with van der Waals surface area (Å²) in [6.07, 6.45) is 0.644. The maximum atomic E-state index is 13.7. The molecule has 1 atom stereocenters. The van der Waals surface area contributed by atoms with Crippen molar-refractivity contribution in [3.8, 4) is 0 Å². The topological polar surface area (TPSA) is 29.1 Å². The maximum absolute atomic E-state index is 13.7. The molecule has 0 radical (unpaired) electrons. The Labute approximate surface area is 122 Å². The average molecular weight is 292 g/mol. The molecule has 104 valence electrons. The first-order valence-electron chi connectivity index (χ1n) is 6.42. The molecule has 0 heterocycles. The molecule has 1 N–H and O–H groups in total. The maximum Gasteiger partial charge on any atom is 0.231 e. The summed E-state index contributed by atoms with van der Waals surface area (Å²) in [5.74, 6) is -1.06. The minimum atomic E-state index is -0.534. The third-order valence-corrected chi connectivity index (χ3v) is 3.35. The number of anilines is 1. The van der Waals surface area contributed by atoms with E-state index >= 15 is 0 Å². The van der Waals surface area contributed by atoms with E-state index in [2.05, 4.69) is 5.32 Å². The van der Waals surface area contributed by atoms with Crippen molar-refractivity contribution >= 4 is 23.2 Å². The molecule has 0 saturated carbocycles. The van der Waals surface area contributed by atoms with E-state index in [4.69, 9.17) is 11.6 Å². The van der Waals surface area contributed by atoms with E-state index in [1.54, 1.807) is 6.07 Å². The monoisotopic (exact) mass is 291 g/mol. The summed E-state index contributed by atoms with van der Waals surface area (Å²) in [5, 5.41) is 2.92. The first-order chi connectivity index (χ1) is 9.61. The lowest BCUT2D eigenvalue weighted by Crippen LogP contribution is -2.21. The van der Waals surface area contributed by atoms with E-state index in [0.717, 1.165) is 5.56 Å². The van der Waals surface area contributed by atoms with Crippen LogP contribution in [-0.4, -0.2) is 5.91 Å². The summed E-state index contributed by atoms with van der Waals surface area (Å²) in [6.45, 7) is 1.93. The molecule has 1 amide bonds. The lowest BCUT2D eigenvalue weighted by molar-refractivity contribution is -0.117. The Bertz CT molecular complexity index is 601. The summed E-state index contributed by atoms with van der Waals surface area (Å²) < 4.78 is 13.7. The molecular weight excluding hydrogens is 277 g/mol. The Balaban J connectivity index is 2.18. The van der Waals surface area contributed by atoms with Gasteiger partial charge in [-0.25, -0.2) is 4.39 Å². The van der Waals surface area contributed by atoms with Gasteiger partial charge in [0.25, 0.3) is 0 Å². The lowest BCUT2D eigenvalue weighted by Gasteiger charge is -2.15. The fourth-order valence-electron chi connectivity index (χ4n) is 2.07. The zero-order valence-corrected chi connectivity index (χ0v) is 11.8. The van der Waals surface area contributed by atoms with E-state index in [1.165, 1.54) is 12.1 Å². The summed E-state index contributed by atoms with van der Waals surface area (Å²) in [5.41, 5.74) is 1.07. The second-order valence-electron chi connectivity index (χ2n) is 4.48. The van der Waals surface area contributed by atoms with Crippen molar-refractivity contribution in [3.63, 3.8) is 0 Å². The number of rotatable bonds is 4. The molecule has 2 rings (SSSR count). The Morgan fingerprint density at radius 3 is 2.55 bits per heavy atom. The van der Waals surface area contributed by atoms with Gasteiger partial charge in [0, 0.05) is 5.02 Å². The van der Waals surface area contributed by atoms with Crippen molar-refractivity contribution in [2.75, 3.05) is 5.32 Å². The summed E-state index contributed by atoms with van der Waals surface area (Å²) in [7, 11) is 0. The van der Waals surface area contributed by atoms with Crippen molar-refractivity contribution < 1.29 is 9.18 Å². The van der Waals surface area contributed by atoms with Gasteiger partial charge in [-0.1, -0.05) is 48.9 Å². The van der Waals surface area contributed by atoms with Crippen LogP contribution in [0.1, 0.15) is 24.8 Å². The molecule has 2 aromatic rings. The molecule has 2 nitrogen and oxygen atoms in total. The van der Waals surface area contributed by atoms with E-state index in [-0.39, 0.29) is 17.5 Å². The molecule has 0 spiro atoms. The first kappa shape index (κ1) is 14.5. The minimum Gasteiger partial charge on any atom is -0.323 e. The highest BCUT2D eigenvalue weighted by molar-refractivity contribution is 6.30. The first-order valence-corrected chi connectivity index (χ1v) is 6.80. The van der Waals surface area contributed by atoms with Crippen molar-refractivity contribution in [3.05, 3.63) is 64.9 Å². The molecule has 0 aliphatic carbocycles. The number of hydrogen-bond donors (Lipinski definition) is 1. The molecule has 4 heteroatoms. The van der Waals surface area contributed by atoms with Gasteiger partial charge in [-0.2, -0.15) is 0 Å². The van der Waals surface area contributed by atoms with Crippen LogP contribution in [0.2, 0.25) is 5.02 Å². The molecule has 0 aromatic heterocycles. The van der Waals surface area contributed by atoms with Crippen LogP contribution in [0.15, 0.2) is 48.5 Å². The molecule has 0 bridgehead atoms. The van der Waals surface area contributed by atoms with Crippen LogP contribution in [0.4, 0.5) is 10.1 Å². The normalized spacial score (nSPS) is 11.9. The zero-order chi connectivity index (χ0) is 14.5. The number of benzene rings is 2. The third kappa shape index (κ3) is 3.36. The molecule has 0 saturated heterocycles. The van der Waals surface area contributed by atoms with Crippen LogP contribution in [-0.2, 0) is 4.79 Å². The van der Waals surface area contributed by atoms with E-state index < -0.39 is 5.82 Å². The van der Waals surface area contributed by atoms with Crippen LogP contribution in [0.5, 0.6) is 0 Å². The highest BCUT2D eigenvalue weighted by Crippen LogP contribution is 2.24. The Kier molecular flexibility index (Phi) is 4.74. The highest BCUT2D eigenvalue weighted by atomic mass is 35.5. The average Bonchev–Trinajstić information content (AvgIpc) is 2.44. The number of amides is 1. The van der Waals surface area contributed by atoms with E-state index in [1.807, 2.05) is 37.3 Å². The van der Waals surface area contributed by atoms with Gasteiger partial charge in [-0.15, -0.1) is 0 Å². The van der Waals surface area contributed by atoms with Crippen molar-refractivity contribution in [2.24, 2.45) is 0 Å². The van der Waals surface area contributed by atoms with Crippen molar-refractivity contribution in [1.29, 1.82) is 0 Å². The number of carbonyl (C=O) groups is 1. The van der Waals surface area contributed by atoms with Gasteiger partial charge in [0.05, 0.1) is 11.6 Å². The minimum absolute atomic E-state index is 0.147. The number of halogens is 2. The SMILES string of the molecule is CC[C@@H](C(=O)Nc1ccc(Cl)cc1F)c1ccccc1. The lowest BCUT2D eigenvalue weighted by atomic mass is 9.95. The van der Waals surface area contributed by atoms with Gasteiger partial charge in [0.15, 0.2) is 0 Å². The van der Waals surface area contributed by atoms with Gasteiger partial charge in [-0.3, -0.25) is 4.79 Å². The van der Waals surface area contributed by atoms with Gasteiger partial charge in [0.2, 0.25) is 5.91 Å². The predicted molar refractivity (Wildman–Crippen MR) is 79.5 cm³/mol. The number of carbonyl (C=O) groups excluding carboxylic acids is 1. The molecule has 2 aromatic carbocycles. The smallest absolute Gasteiger partial charge is 0.231 e. The summed E-state index contributed by atoms with van der Waals surface area (Å²) in [6, 6.07) is 13.6. The van der Waals surface area contributed by atoms with Crippen LogP contribution >= 0.6 is 11.6 Å². The van der Waals surface area contributed by atoms with E-state index in [0.29, 0.717) is 11.4 Å². The van der Waals surface area contributed by atoms with Crippen LogP contribution in [0.25, 0.3) is 0 Å². The van der Waals surface area contributed by atoms with Gasteiger partial charge < -0.3 is 5.32 Å². The molecule has 0 fully saturated rings. The number of nitrogens with one attached hydrogen (secondary N) is 1. The second kappa shape index (κ2) is 6.53. The highest BCUT2D eigenvalue weighted by Gasteiger charge is 2.19. The van der Waals surface area contributed by atoms with E-state index in [9.17, 15) is 9.18 Å². The second-order valence-corrected chi connectivity index (χ2v) is 4.92. The molecule has 0 unspecified atom stereocenters. The summed E-state index contributed by atoms with van der Waals surface area (Å²) >= 11 is 5.69. The quantitative estimate of drug-likeness (QED) is 0.875. The molecule has 0 aliphatic heterocycles. The van der Waals surface area contributed by atoms with Crippen LogP contribution in [0.3, 0.4) is 0 Å². The van der Waals surface area contributed by atoms with Gasteiger partial charge in [-0.05, 0) is 30.2 Å². The van der Waals surface area contributed by atoms with Gasteiger partial charge >= 0.3 is 0 Å².